The number of hydrogen-bond acceptors (Lipinski definition) is 3. The van der Waals surface area contributed by atoms with E-state index in [9.17, 15) is 9.59 Å². The maximum atomic E-state index is 11.8. The highest BCUT2D eigenvalue weighted by Gasteiger charge is 2.13. The van der Waals surface area contributed by atoms with Crippen molar-refractivity contribution in [3.05, 3.63) is 77.5 Å². The average molecular weight is 344 g/mol. The van der Waals surface area contributed by atoms with Crippen LogP contribution < -0.4 is 16.2 Å². The lowest BCUT2D eigenvalue weighted by Gasteiger charge is -2.11. The Labute approximate surface area is 145 Å². The highest BCUT2D eigenvalue weighted by atomic mass is 35.5. The molecule has 124 valence electrons. The fourth-order valence-corrected chi connectivity index (χ4v) is 2.15. The highest BCUT2D eigenvalue weighted by Crippen LogP contribution is 2.14. The lowest BCUT2D eigenvalue weighted by atomic mass is 10.1. The molecule has 0 aliphatic heterocycles. The standard InChI is InChI=1S/C18H18ClN3O2/c1-13(10-11-14-6-3-2-4-7-14)21-22-18(24)17(23)20-16-9-5-8-15(19)12-16/h2-9,12,21H,1,10-11H2,(H,20,23)(H,22,24). The van der Waals surface area contributed by atoms with Crippen molar-refractivity contribution in [2.75, 3.05) is 5.32 Å². The second-order valence-corrected chi connectivity index (χ2v) is 5.57. The van der Waals surface area contributed by atoms with Crippen molar-refractivity contribution in [1.82, 2.24) is 10.9 Å². The first-order chi connectivity index (χ1) is 11.5. The molecule has 5 nitrogen and oxygen atoms in total. The number of aryl methyl sites for hydroxylation is 1. The molecule has 2 amide bonds. The van der Waals surface area contributed by atoms with Gasteiger partial charge in [-0.3, -0.25) is 15.0 Å². The number of carbonyl (C=O) groups is 2. The number of hydrazine groups is 1. The number of rotatable bonds is 6. The van der Waals surface area contributed by atoms with Gasteiger partial charge in [-0.05, 0) is 36.6 Å². The zero-order valence-corrected chi connectivity index (χ0v) is 13.8. The van der Waals surface area contributed by atoms with Crippen LogP contribution >= 0.6 is 11.6 Å². The number of nitrogens with one attached hydrogen (secondary N) is 3. The van der Waals surface area contributed by atoms with E-state index in [4.69, 9.17) is 11.6 Å². The highest BCUT2D eigenvalue weighted by molar-refractivity contribution is 6.39. The van der Waals surface area contributed by atoms with Crippen LogP contribution in [0.2, 0.25) is 5.02 Å². The van der Waals surface area contributed by atoms with Crippen LogP contribution in [0.3, 0.4) is 0 Å². The molecule has 0 aliphatic rings. The van der Waals surface area contributed by atoms with E-state index in [2.05, 4.69) is 22.7 Å². The summed E-state index contributed by atoms with van der Waals surface area (Å²) in [6, 6.07) is 16.5. The molecule has 3 N–H and O–H groups in total. The maximum absolute atomic E-state index is 11.8. The van der Waals surface area contributed by atoms with Crippen LogP contribution in [0.5, 0.6) is 0 Å². The molecular weight excluding hydrogens is 326 g/mol. The van der Waals surface area contributed by atoms with E-state index in [0.29, 0.717) is 22.8 Å². The molecule has 0 aliphatic carbocycles. The average Bonchev–Trinajstić information content (AvgIpc) is 2.58. The van der Waals surface area contributed by atoms with Crippen molar-refractivity contribution < 1.29 is 9.59 Å². The van der Waals surface area contributed by atoms with Crippen molar-refractivity contribution in [2.24, 2.45) is 0 Å². The summed E-state index contributed by atoms with van der Waals surface area (Å²) in [7, 11) is 0. The molecule has 0 spiro atoms. The van der Waals surface area contributed by atoms with Crippen LogP contribution in [0.25, 0.3) is 0 Å². The molecule has 2 aromatic carbocycles. The van der Waals surface area contributed by atoms with Crippen LogP contribution in [-0.2, 0) is 16.0 Å². The Kier molecular flexibility index (Phi) is 6.40. The van der Waals surface area contributed by atoms with E-state index >= 15 is 0 Å². The second kappa shape index (κ2) is 8.74. The largest absolute Gasteiger partial charge is 0.327 e. The summed E-state index contributed by atoms with van der Waals surface area (Å²) < 4.78 is 0. The fourth-order valence-electron chi connectivity index (χ4n) is 1.96. The molecule has 0 unspecified atom stereocenters. The maximum Gasteiger partial charge on any atom is 0.327 e. The van der Waals surface area contributed by atoms with E-state index in [0.717, 1.165) is 6.42 Å². The first-order valence-electron chi connectivity index (χ1n) is 7.39. The predicted octanol–water partition coefficient (Wildman–Crippen LogP) is 3.05. The number of carbonyl (C=O) groups excluding carboxylic acids is 2. The minimum absolute atomic E-state index is 0.450. The molecule has 2 rings (SSSR count). The minimum Gasteiger partial charge on any atom is -0.318 e. The molecule has 0 radical (unpaired) electrons. The lowest BCUT2D eigenvalue weighted by Crippen LogP contribution is -2.43. The summed E-state index contributed by atoms with van der Waals surface area (Å²) in [5.74, 6) is -1.60. The monoisotopic (exact) mass is 343 g/mol. The normalized spacial score (nSPS) is 9.88. The third-order valence-corrected chi connectivity index (χ3v) is 3.43. The van der Waals surface area contributed by atoms with Gasteiger partial charge in [0.2, 0.25) is 0 Å². The van der Waals surface area contributed by atoms with Crippen molar-refractivity contribution in [3.8, 4) is 0 Å². The van der Waals surface area contributed by atoms with Gasteiger partial charge in [-0.2, -0.15) is 0 Å². The molecule has 0 saturated carbocycles. The van der Waals surface area contributed by atoms with Gasteiger partial charge in [0.15, 0.2) is 0 Å². The number of halogens is 1. The van der Waals surface area contributed by atoms with E-state index in [1.807, 2.05) is 30.3 Å². The van der Waals surface area contributed by atoms with Gasteiger partial charge >= 0.3 is 11.8 Å². The summed E-state index contributed by atoms with van der Waals surface area (Å²) in [6.45, 7) is 3.82. The van der Waals surface area contributed by atoms with Gasteiger partial charge in [0, 0.05) is 16.4 Å². The number of amides is 2. The minimum atomic E-state index is -0.809. The van der Waals surface area contributed by atoms with Gasteiger partial charge < -0.3 is 10.7 Å². The van der Waals surface area contributed by atoms with Crippen LogP contribution in [0.15, 0.2) is 66.9 Å². The molecule has 0 heterocycles. The fraction of sp³-hybridized carbons (Fsp3) is 0.111. The van der Waals surface area contributed by atoms with E-state index in [1.54, 1.807) is 24.3 Å². The summed E-state index contributed by atoms with van der Waals surface area (Å²) in [6.07, 6.45) is 1.43. The number of benzene rings is 2. The lowest BCUT2D eigenvalue weighted by molar-refractivity contribution is -0.136. The third-order valence-electron chi connectivity index (χ3n) is 3.20. The van der Waals surface area contributed by atoms with Crippen molar-refractivity contribution in [1.29, 1.82) is 0 Å². The molecule has 24 heavy (non-hydrogen) atoms. The van der Waals surface area contributed by atoms with E-state index in [-0.39, 0.29) is 0 Å². The Bertz CT molecular complexity index is 732. The van der Waals surface area contributed by atoms with Gasteiger partial charge in [0.05, 0.1) is 0 Å². The summed E-state index contributed by atoms with van der Waals surface area (Å²) in [4.78, 5) is 23.5. The molecule has 2 aromatic rings. The van der Waals surface area contributed by atoms with Crippen molar-refractivity contribution in [2.45, 2.75) is 12.8 Å². The number of hydrogen-bond donors (Lipinski definition) is 3. The molecule has 0 aromatic heterocycles. The smallest absolute Gasteiger partial charge is 0.318 e. The molecule has 6 heteroatoms. The molecule has 0 fully saturated rings. The van der Waals surface area contributed by atoms with Gasteiger partial charge in [-0.15, -0.1) is 0 Å². The summed E-state index contributed by atoms with van der Waals surface area (Å²) in [5, 5.41) is 2.93. The summed E-state index contributed by atoms with van der Waals surface area (Å²) >= 11 is 5.82. The first kappa shape index (κ1) is 17.6. The molecule has 0 bridgehead atoms. The first-order valence-corrected chi connectivity index (χ1v) is 7.77. The number of allylic oxidation sites excluding steroid dienone is 1. The van der Waals surface area contributed by atoms with Gasteiger partial charge in [-0.25, -0.2) is 0 Å². The van der Waals surface area contributed by atoms with Gasteiger partial charge in [-0.1, -0.05) is 54.6 Å². The van der Waals surface area contributed by atoms with Crippen molar-refractivity contribution >= 4 is 29.1 Å². The Morgan fingerprint density at radius 3 is 2.42 bits per heavy atom. The summed E-state index contributed by atoms with van der Waals surface area (Å²) in [5.41, 5.74) is 7.20. The molecular formula is C18H18ClN3O2. The third kappa shape index (κ3) is 5.78. The zero-order chi connectivity index (χ0) is 17.4. The Morgan fingerprint density at radius 1 is 0.958 bits per heavy atom. The molecule has 0 atom stereocenters. The topological polar surface area (TPSA) is 70.2 Å². The Morgan fingerprint density at radius 2 is 1.71 bits per heavy atom. The van der Waals surface area contributed by atoms with Crippen molar-refractivity contribution in [3.63, 3.8) is 0 Å². The number of anilines is 1. The van der Waals surface area contributed by atoms with Crippen LogP contribution in [0.1, 0.15) is 12.0 Å². The second-order valence-electron chi connectivity index (χ2n) is 5.13. The van der Waals surface area contributed by atoms with Crippen LogP contribution in [0.4, 0.5) is 5.69 Å². The SMILES string of the molecule is C=C(CCc1ccccc1)NNC(=O)C(=O)Nc1cccc(Cl)c1. The van der Waals surface area contributed by atoms with Crippen LogP contribution in [-0.4, -0.2) is 11.8 Å². The Balaban J connectivity index is 1.73. The quantitative estimate of drug-likeness (QED) is 0.557. The zero-order valence-electron chi connectivity index (χ0n) is 13.0. The van der Waals surface area contributed by atoms with Gasteiger partial charge in [0.1, 0.15) is 0 Å². The van der Waals surface area contributed by atoms with Gasteiger partial charge in [0.25, 0.3) is 0 Å². The van der Waals surface area contributed by atoms with E-state index < -0.39 is 11.8 Å². The van der Waals surface area contributed by atoms with Crippen LogP contribution in [0, 0.1) is 0 Å². The Hall–Kier alpha value is -2.79. The molecule has 0 saturated heterocycles. The van der Waals surface area contributed by atoms with E-state index in [1.165, 1.54) is 5.56 Å². The predicted molar refractivity (Wildman–Crippen MR) is 95.3 cm³/mol.